The Morgan fingerprint density at radius 3 is 2.26 bits per heavy atom. The van der Waals surface area contributed by atoms with Crippen LogP contribution in [0.4, 0.5) is 13.2 Å². The van der Waals surface area contributed by atoms with Gasteiger partial charge in [0.25, 0.3) is 0 Å². The number of sulfone groups is 1. The second-order valence-corrected chi connectivity index (χ2v) is 15.2. The molecule has 4 rings (SSSR count). The zero-order chi connectivity index (χ0) is 31.7. The van der Waals surface area contributed by atoms with Crippen LogP contribution in [-0.4, -0.2) is 49.0 Å². The van der Waals surface area contributed by atoms with Crippen molar-refractivity contribution in [3.8, 4) is 6.07 Å². The third-order valence-corrected chi connectivity index (χ3v) is 11.4. The molecule has 3 fully saturated rings. The van der Waals surface area contributed by atoms with Gasteiger partial charge in [-0.1, -0.05) is 67.8 Å². The van der Waals surface area contributed by atoms with Gasteiger partial charge < -0.3 is 9.84 Å². The molecule has 3 atom stereocenters. The van der Waals surface area contributed by atoms with Crippen molar-refractivity contribution in [2.45, 2.75) is 137 Å². The highest BCUT2D eigenvalue weighted by atomic mass is 79.9. The van der Waals surface area contributed by atoms with Crippen LogP contribution in [0, 0.1) is 17.2 Å². The quantitative estimate of drug-likeness (QED) is 0.180. The van der Waals surface area contributed by atoms with Gasteiger partial charge in [-0.15, -0.1) is 0 Å². The number of nitrogens with zero attached hydrogens (tertiary/aromatic N) is 1. The summed E-state index contributed by atoms with van der Waals surface area (Å²) >= 11 is 2.93. The third-order valence-electron chi connectivity index (χ3n) is 8.65. The molecule has 0 amide bonds. The number of halogens is 4. The lowest BCUT2D eigenvalue weighted by atomic mass is 9.95. The maximum atomic E-state index is 13.3. The van der Waals surface area contributed by atoms with Crippen LogP contribution in [0.15, 0.2) is 27.6 Å². The van der Waals surface area contributed by atoms with Crippen molar-refractivity contribution in [2.75, 3.05) is 6.54 Å². The molecule has 0 spiro atoms. The standard InChI is InChI=1S/C17H18BrF3O5S.C14H26N2/c18-9-4-5-15(13(6-9)17(19,20)21)27(24,25)11-7-12(16(22)23)14(8-11)26-10-2-1-3-10;1-2-3-4-5-6-7-8-9-12-16-14(13-15)10-11-14/h4-6,10-12,14H,1-3,7-8H2,(H,22,23);16H,2-12H2,1H3/t11-,12-,14-;/m0./s1. The SMILES string of the molecule is CCCCCCCCCCNC1(C#N)CC1.O=C(O)[C@H]1C[C@H](S(=O)(=O)c2ccc(Br)cc2C(F)(F)F)C[C@@H]1OC1CCC1. The molecule has 1 aromatic rings. The van der Waals surface area contributed by atoms with Crippen molar-refractivity contribution < 1.29 is 36.2 Å². The van der Waals surface area contributed by atoms with Gasteiger partial charge in [0.2, 0.25) is 0 Å². The van der Waals surface area contributed by atoms with Crippen LogP contribution in [0.3, 0.4) is 0 Å². The maximum absolute atomic E-state index is 13.3. The highest BCUT2D eigenvalue weighted by Crippen LogP contribution is 2.42. The lowest BCUT2D eigenvalue weighted by Gasteiger charge is -2.30. The van der Waals surface area contributed by atoms with E-state index >= 15 is 0 Å². The molecule has 0 heterocycles. The minimum absolute atomic E-state index is 0.100. The van der Waals surface area contributed by atoms with E-state index in [4.69, 9.17) is 10.00 Å². The molecule has 3 aliphatic carbocycles. The zero-order valence-corrected chi connectivity index (χ0v) is 27.2. The summed E-state index contributed by atoms with van der Waals surface area (Å²) in [7, 11) is -4.38. The average Bonchev–Trinajstić information content (AvgIpc) is 3.57. The molecule has 242 valence electrons. The highest BCUT2D eigenvalue weighted by Gasteiger charge is 2.48. The van der Waals surface area contributed by atoms with E-state index in [9.17, 15) is 31.5 Å². The molecule has 3 aliphatic rings. The van der Waals surface area contributed by atoms with Gasteiger partial charge in [-0.05, 0) is 76.1 Å². The molecule has 7 nitrogen and oxygen atoms in total. The molecule has 43 heavy (non-hydrogen) atoms. The van der Waals surface area contributed by atoms with E-state index in [1.807, 2.05) is 0 Å². The van der Waals surface area contributed by atoms with Gasteiger partial charge in [-0.3, -0.25) is 10.1 Å². The first-order valence-electron chi connectivity index (χ1n) is 15.5. The number of carboxylic acids is 1. The molecule has 1 aromatic carbocycles. The van der Waals surface area contributed by atoms with Crippen LogP contribution in [0.5, 0.6) is 0 Å². The van der Waals surface area contributed by atoms with Crippen LogP contribution in [0.1, 0.15) is 109 Å². The summed E-state index contributed by atoms with van der Waals surface area (Å²) in [6.07, 6.45) is 9.36. The molecule has 0 aliphatic heterocycles. The summed E-state index contributed by atoms with van der Waals surface area (Å²) in [6.45, 7) is 3.29. The number of ether oxygens (including phenoxy) is 1. The van der Waals surface area contributed by atoms with E-state index in [0.29, 0.717) is 0 Å². The smallest absolute Gasteiger partial charge is 0.417 e. The van der Waals surface area contributed by atoms with E-state index < -0.39 is 49.7 Å². The number of benzene rings is 1. The molecule has 12 heteroatoms. The topological polar surface area (TPSA) is 116 Å². The highest BCUT2D eigenvalue weighted by molar-refractivity contribution is 9.10. The molecule has 0 unspecified atom stereocenters. The van der Waals surface area contributed by atoms with Crippen LogP contribution in [-0.2, 0) is 25.5 Å². The first kappa shape index (κ1) is 35.8. The fraction of sp³-hybridized carbons (Fsp3) is 0.742. The summed E-state index contributed by atoms with van der Waals surface area (Å²) < 4.78 is 71.7. The van der Waals surface area contributed by atoms with Crippen LogP contribution in [0.25, 0.3) is 0 Å². The number of alkyl halides is 3. The van der Waals surface area contributed by atoms with Crippen molar-refractivity contribution in [3.63, 3.8) is 0 Å². The fourth-order valence-corrected chi connectivity index (χ4v) is 7.93. The van der Waals surface area contributed by atoms with Crippen molar-refractivity contribution in [1.82, 2.24) is 5.32 Å². The van der Waals surface area contributed by atoms with Gasteiger partial charge in [0, 0.05) is 4.47 Å². The van der Waals surface area contributed by atoms with Gasteiger partial charge >= 0.3 is 12.1 Å². The molecule has 3 saturated carbocycles. The Morgan fingerprint density at radius 2 is 1.74 bits per heavy atom. The monoisotopic (exact) mass is 692 g/mol. The maximum Gasteiger partial charge on any atom is 0.417 e. The van der Waals surface area contributed by atoms with Gasteiger partial charge in [0.15, 0.2) is 9.84 Å². The fourth-order valence-electron chi connectivity index (χ4n) is 5.56. The molecule has 2 N–H and O–H groups in total. The lowest BCUT2D eigenvalue weighted by Crippen LogP contribution is -2.33. The Balaban J connectivity index is 0.000000271. The molecule has 0 bridgehead atoms. The third kappa shape index (κ3) is 10.4. The summed E-state index contributed by atoms with van der Waals surface area (Å²) in [5.74, 6) is -2.24. The number of unbranched alkanes of at least 4 members (excludes halogenated alkanes) is 7. The average molecular weight is 694 g/mol. The van der Waals surface area contributed by atoms with Crippen LogP contribution in [0.2, 0.25) is 0 Å². The number of aliphatic carboxylic acids is 1. The predicted molar refractivity (Wildman–Crippen MR) is 161 cm³/mol. The van der Waals surface area contributed by atoms with E-state index in [2.05, 4.69) is 34.2 Å². The number of rotatable bonds is 15. The number of nitriles is 1. The van der Waals surface area contributed by atoms with E-state index in [1.54, 1.807) is 0 Å². The first-order chi connectivity index (χ1) is 20.3. The second kappa shape index (κ2) is 16.1. The van der Waals surface area contributed by atoms with Crippen molar-refractivity contribution in [1.29, 1.82) is 5.26 Å². The van der Waals surface area contributed by atoms with Gasteiger partial charge in [-0.2, -0.15) is 18.4 Å². The van der Waals surface area contributed by atoms with Gasteiger partial charge in [0.1, 0.15) is 5.54 Å². The van der Waals surface area contributed by atoms with Crippen LogP contribution < -0.4 is 5.32 Å². The first-order valence-corrected chi connectivity index (χ1v) is 17.8. The molecule has 0 radical (unpaired) electrons. The molecule has 0 saturated heterocycles. The lowest BCUT2D eigenvalue weighted by molar-refractivity contribution is -0.149. The van der Waals surface area contributed by atoms with Crippen molar-refractivity contribution in [3.05, 3.63) is 28.2 Å². The van der Waals surface area contributed by atoms with E-state index in [1.165, 1.54) is 57.4 Å². The number of hydrogen-bond acceptors (Lipinski definition) is 6. The Bertz CT molecular complexity index is 1210. The van der Waals surface area contributed by atoms with Gasteiger partial charge in [0.05, 0.1) is 39.9 Å². The summed E-state index contributed by atoms with van der Waals surface area (Å²) in [5.41, 5.74) is -1.37. The molecular formula is C31H44BrF3N2O5S. The number of hydrogen-bond donors (Lipinski definition) is 2. The minimum atomic E-state index is -4.85. The minimum Gasteiger partial charge on any atom is -0.481 e. The number of carbonyl (C=O) groups is 1. The molecular weight excluding hydrogens is 649 g/mol. The number of carboxylic acid groups (broad SMARTS) is 1. The Hall–Kier alpha value is -1.68. The Morgan fingerprint density at radius 1 is 1.12 bits per heavy atom. The van der Waals surface area contributed by atoms with E-state index in [-0.39, 0.29) is 29.0 Å². The van der Waals surface area contributed by atoms with Crippen LogP contribution >= 0.6 is 15.9 Å². The predicted octanol–water partition coefficient (Wildman–Crippen LogP) is 7.82. The summed E-state index contributed by atoms with van der Waals surface area (Å²) in [4.78, 5) is 10.7. The zero-order valence-electron chi connectivity index (χ0n) is 24.8. The normalized spacial score (nSPS) is 23.1. The Labute approximate surface area is 262 Å². The molecule has 0 aromatic heterocycles. The summed E-state index contributed by atoms with van der Waals surface area (Å²) in [5, 5.41) is 20.4. The second-order valence-electron chi connectivity index (χ2n) is 12.0. The largest absolute Gasteiger partial charge is 0.481 e. The Kier molecular flexibility index (Phi) is 13.4. The van der Waals surface area contributed by atoms with E-state index in [0.717, 1.165) is 50.8 Å². The van der Waals surface area contributed by atoms with Gasteiger partial charge in [-0.25, -0.2) is 8.42 Å². The van der Waals surface area contributed by atoms with Crippen molar-refractivity contribution >= 4 is 31.7 Å². The number of nitrogens with one attached hydrogen (secondary N) is 1. The summed E-state index contributed by atoms with van der Waals surface area (Å²) in [6, 6.07) is 5.23. The van der Waals surface area contributed by atoms with Crippen molar-refractivity contribution in [2.24, 2.45) is 5.92 Å².